The summed E-state index contributed by atoms with van der Waals surface area (Å²) >= 11 is 2.41. The van der Waals surface area contributed by atoms with Crippen LogP contribution < -0.4 is 21.7 Å². The van der Waals surface area contributed by atoms with Crippen LogP contribution in [0.3, 0.4) is 0 Å². The van der Waals surface area contributed by atoms with Crippen LogP contribution in [0.1, 0.15) is 69.9 Å². The van der Waals surface area contributed by atoms with Gasteiger partial charge < -0.3 is 26.4 Å². The molecule has 1 aliphatic heterocycles. The first kappa shape index (κ1) is 32.4. The Bertz CT molecular complexity index is 1080. The maximum Gasteiger partial charge on any atom is 0.329 e. The highest BCUT2D eigenvalue weighted by atomic mass is 32.2. The fourth-order valence-corrected chi connectivity index (χ4v) is 5.03. The first-order valence-corrected chi connectivity index (χ1v) is 14.8. The Labute approximate surface area is 237 Å². The Morgan fingerprint density at radius 2 is 1.95 bits per heavy atom. The van der Waals surface area contributed by atoms with Crippen molar-refractivity contribution in [3.63, 3.8) is 0 Å². The molecule has 1 aromatic heterocycles. The van der Waals surface area contributed by atoms with E-state index in [0.29, 0.717) is 17.2 Å². The quantitative estimate of drug-likeness (QED) is 0.211. The third-order valence-corrected chi connectivity index (χ3v) is 7.94. The molecule has 1 aliphatic rings. The molecule has 3 atom stereocenters. The van der Waals surface area contributed by atoms with E-state index >= 15 is 0 Å². The van der Waals surface area contributed by atoms with Crippen LogP contribution in [0.2, 0.25) is 0 Å². The van der Waals surface area contributed by atoms with Gasteiger partial charge in [-0.15, -0.1) is 11.3 Å². The Balaban J connectivity index is 2.22. The summed E-state index contributed by atoms with van der Waals surface area (Å²) in [7, 11) is 0. The summed E-state index contributed by atoms with van der Waals surface area (Å²) in [6.45, 7) is 10.6. The molecule has 0 aliphatic carbocycles. The van der Waals surface area contributed by atoms with Crippen LogP contribution in [0.4, 0.5) is 0 Å². The van der Waals surface area contributed by atoms with Crippen LogP contribution >= 0.6 is 23.1 Å². The average Bonchev–Trinajstić information content (AvgIpc) is 3.33. The number of allylic oxidation sites excluding steroid dienone is 1. The number of hydrogen-bond acceptors (Lipinski definition) is 9. The Kier molecular flexibility index (Phi) is 12.1. The molecule has 0 unspecified atom stereocenters. The Morgan fingerprint density at radius 1 is 1.26 bits per heavy atom. The minimum absolute atomic E-state index is 0.0221. The second kappa shape index (κ2) is 14.6. The van der Waals surface area contributed by atoms with Crippen LogP contribution in [-0.2, 0) is 30.5 Å². The molecule has 6 N–H and O–H groups in total. The Hall–Kier alpha value is -2.77. The van der Waals surface area contributed by atoms with Gasteiger partial charge >= 0.3 is 5.97 Å². The van der Waals surface area contributed by atoms with Gasteiger partial charge in [-0.1, -0.05) is 45.5 Å². The minimum Gasteiger partial charge on any atom is -0.456 e. The van der Waals surface area contributed by atoms with Gasteiger partial charge in [0.2, 0.25) is 16.9 Å². The number of aromatic nitrogens is 1. The second-order valence-electron chi connectivity index (χ2n) is 10.6. The summed E-state index contributed by atoms with van der Waals surface area (Å²) in [5, 5.41) is 10.2. The van der Waals surface area contributed by atoms with Gasteiger partial charge in [0.05, 0.1) is 13.0 Å². The van der Waals surface area contributed by atoms with Crippen molar-refractivity contribution in [2.45, 2.75) is 84.7 Å². The van der Waals surface area contributed by atoms with E-state index in [9.17, 15) is 24.0 Å². The van der Waals surface area contributed by atoms with Crippen molar-refractivity contribution in [2.75, 3.05) is 5.75 Å². The fraction of sp³-hybridized carbons (Fsp3) is 0.615. The SMILES string of the molecule is CC(C)[C@@H]1NC(=O)C(C)(C)NC(=O)c2csc(n2)CNC(=O)C[C@@H](/C=C/CCSC(=O)[C@H]([NH3+])C(C)C)OC1=O. The van der Waals surface area contributed by atoms with E-state index in [1.54, 1.807) is 31.4 Å². The number of hydrogen-bond donors (Lipinski definition) is 4. The number of thiazole rings is 1. The van der Waals surface area contributed by atoms with Crippen molar-refractivity contribution in [2.24, 2.45) is 11.8 Å². The standard InChI is InChI=1S/C26H39N5O6S2/c1-14(2)20(27)24(35)38-10-8-7-9-16-11-18(32)28-12-19-29-17(13-39-19)22(33)31-26(5,6)25(36)30-21(15(3)4)23(34)37-16/h7,9,13-16,20-21H,8,10-12,27H2,1-6H3,(H,28,32)(H,30,36)(H,31,33)/p+1/b9-7+/t16-,20-,21+/m1/s1. The van der Waals surface area contributed by atoms with Gasteiger partial charge in [0.25, 0.3) is 5.91 Å². The summed E-state index contributed by atoms with van der Waals surface area (Å²) in [6, 6.07) is -1.29. The number of ether oxygens (including phenoxy) is 1. The van der Waals surface area contributed by atoms with E-state index < -0.39 is 35.5 Å². The number of fused-ring (bicyclic) bond motifs is 2. The van der Waals surface area contributed by atoms with Crippen molar-refractivity contribution in [1.29, 1.82) is 0 Å². The third-order valence-electron chi connectivity index (χ3n) is 6.06. The van der Waals surface area contributed by atoms with Gasteiger partial charge in [0, 0.05) is 17.1 Å². The molecule has 0 aromatic carbocycles. The lowest BCUT2D eigenvalue weighted by molar-refractivity contribution is -0.411. The molecule has 2 heterocycles. The maximum atomic E-state index is 13.1. The van der Waals surface area contributed by atoms with E-state index in [0.717, 1.165) is 0 Å². The number of nitrogens with one attached hydrogen (secondary N) is 3. The Morgan fingerprint density at radius 3 is 2.59 bits per heavy atom. The van der Waals surface area contributed by atoms with E-state index in [1.807, 2.05) is 13.8 Å². The van der Waals surface area contributed by atoms with Gasteiger partial charge in [0.1, 0.15) is 28.4 Å². The molecular formula is C26H40N5O6S2+. The fourth-order valence-electron chi connectivity index (χ4n) is 3.38. The molecule has 2 rings (SSSR count). The number of thioether (sulfide) groups is 1. The topological polar surface area (TPSA) is 171 Å². The zero-order chi connectivity index (χ0) is 29.3. The summed E-state index contributed by atoms with van der Waals surface area (Å²) in [6.07, 6.45) is 2.88. The molecule has 0 radical (unpaired) electrons. The normalized spacial score (nSPS) is 21.9. The van der Waals surface area contributed by atoms with Crippen molar-refractivity contribution in [3.05, 3.63) is 28.2 Å². The van der Waals surface area contributed by atoms with Gasteiger partial charge in [-0.2, -0.15) is 0 Å². The lowest BCUT2D eigenvalue weighted by Gasteiger charge is -2.29. The average molecular weight is 583 g/mol. The lowest BCUT2D eigenvalue weighted by atomic mass is 9.99. The molecule has 2 bridgehead atoms. The highest BCUT2D eigenvalue weighted by Crippen LogP contribution is 2.16. The molecule has 0 spiro atoms. The lowest BCUT2D eigenvalue weighted by Crippen LogP contribution is -2.66. The highest BCUT2D eigenvalue weighted by molar-refractivity contribution is 8.13. The van der Waals surface area contributed by atoms with Crippen LogP contribution in [0.25, 0.3) is 0 Å². The number of nitrogens with zero attached hydrogens (tertiary/aromatic N) is 1. The molecule has 39 heavy (non-hydrogen) atoms. The highest BCUT2D eigenvalue weighted by Gasteiger charge is 2.36. The zero-order valence-corrected chi connectivity index (χ0v) is 25.0. The summed E-state index contributed by atoms with van der Waals surface area (Å²) < 4.78 is 5.67. The maximum absolute atomic E-state index is 13.1. The van der Waals surface area contributed by atoms with E-state index in [2.05, 4.69) is 26.7 Å². The van der Waals surface area contributed by atoms with E-state index in [4.69, 9.17) is 4.74 Å². The largest absolute Gasteiger partial charge is 0.456 e. The van der Waals surface area contributed by atoms with Gasteiger partial charge in [0.15, 0.2) is 6.04 Å². The first-order valence-electron chi connectivity index (χ1n) is 12.9. The van der Waals surface area contributed by atoms with Crippen molar-refractivity contribution < 1.29 is 34.4 Å². The van der Waals surface area contributed by atoms with Gasteiger partial charge in [-0.3, -0.25) is 19.2 Å². The number of carbonyl (C=O) groups excluding carboxylic acids is 5. The summed E-state index contributed by atoms with van der Waals surface area (Å²) in [5.74, 6) is -1.82. The number of cyclic esters (lactones) is 1. The van der Waals surface area contributed by atoms with Crippen LogP contribution in [0.5, 0.6) is 0 Å². The summed E-state index contributed by atoms with van der Waals surface area (Å²) in [5.41, 5.74) is 2.70. The molecular weight excluding hydrogens is 542 g/mol. The molecule has 13 heteroatoms. The van der Waals surface area contributed by atoms with Gasteiger partial charge in [-0.25, -0.2) is 9.78 Å². The number of amides is 3. The summed E-state index contributed by atoms with van der Waals surface area (Å²) in [4.78, 5) is 68.0. The third kappa shape index (κ3) is 10.0. The number of quaternary nitrogens is 1. The molecule has 11 nitrogen and oxygen atoms in total. The zero-order valence-electron chi connectivity index (χ0n) is 23.4. The van der Waals surface area contributed by atoms with E-state index in [1.165, 1.54) is 36.9 Å². The predicted octanol–water partition coefficient (Wildman–Crippen LogP) is 1.20. The minimum atomic E-state index is -1.34. The van der Waals surface area contributed by atoms with Crippen LogP contribution in [0, 0.1) is 11.8 Å². The molecule has 0 saturated heterocycles. The molecule has 3 amide bonds. The molecule has 216 valence electrons. The number of esters is 1. The predicted molar refractivity (Wildman–Crippen MR) is 150 cm³/mol. The second-order valence-corrected chi connectivity index (χ2v) is 12.6. The number of rotatable bonds is 7. The van der Waals surface area contributed by atoms with Crippen LogP contribution in [-0.4, -0.2) is 63.3 Å². The number of carbonyl (C=O) groups is 5. The molecule has 0 fully saturated rings. The van der Waals surface area contributed by atoms with Crippen molar-refractivity contribution in [3.8, 4) is 0 Å². The van der Waals surface area contributed by atoms with Crippen molar-refractivity contribution in [1.82, 2.24) is 20.9 Å². The first-order chi connectivity index (χ1) is 18.2. The monoisotopic (exact) mass is 582 g/mol. The van der Waals surface area contributed by atoms with E-state index in [-0.39, 0.29) is 47.6 Å². The molecule has 1 aromatic rings. The van der Waals surface area contributed by atoms with Crippen LogP contribution in [0.15, 0.2) is 17.5 Å². The molecule has 0 saturated carbocycles. The van der Waals surface area contributed by atoms with Crippen molar-refractivity contribution >= 4 is 51.9 Å². The smallest absolute Gasteiger partial charge is 0.329 e. The van der Waals surface area contributed by atoms with Gasteiger partial charge in [-0.05, 0) is 32.3 Å².